The van der Waals surface area contributed by atoms with Crippen LogP contribution in [-0.4, -0.2) is 5.11 Å². The van der Waals surface area contributed by atoms with Crippen LogP contribution in [0.15, 0.2) is 24.3 Å². The molecule has 1 heteroatoms. The Hall–Kier alpha value is -0.820. The van der Waals surface area contributed by atoms with E-state index in [1.807, 2.05) is 13.0 Å². The summed E-state index contributed by atoms with van der Waals surface area (Å²) in [6.07, 6.45) is 7.29. The van der Waals surface area contributed by atoms with E-state index in [1.54, 1.807) is 0 Å². The molecule has 1 aliphatic carbocycles. The summed E-state index contributed by atoms with van der Waals surface area (Å²) in [5, 5.41) is 9.85. The van der Waals surface area contributed by atoms with E-state index in [1.165, 1.54) is 37.7 Å². The van der Waals surface area contributed by atoms with Gasteiger partial charge in [-0.1, -0.05) is 50.5 Å². The Balaban J connectivity index is 2.14. The van der Waals surface area contributed by atoms with Crippen molar-refractivity contribution in [3.63, 3.8) is 0 Å². The fraction of sp³-hybridized carbons (Fsp3) is 0.600. The van der Waals surface area contributed by atoms with Crippen LogP contribution in [0.4, 0.5) is 0 Å². The fourth-order valence-electron chi connectivity index (χ4n) is 2.69. The van der Waals surface area contributed by atoms with Gasteiger partial charge in [-0.2, -0.15) is 0 Å². The maximum Gasteiger partial charge on any atom is 0.0787 e. The minimum absolute atomic E-state index is 0.288. The van der Waals surface area contributed by atoms with Crippen LogP contribution in [0.1, 0.15) is 68.6 Å². The van der Waals surface area contributed by atoms with Gasteiger partial charge in [0, 0.05) is 0 Å². The van der Waals surface area contributed by atoms with Crippen molar-refractivity contribution in [2.45, 2.75) is 57.5 Å². The van der Waals surface area contributed by atoms with Crippen molar-refractivity contribution >= 4 is 0 Å². The van der Waals surface area contributed by atoms with Gasteiger partial charge in [-0.3, -0.25) is 0 Å². The average molecular weight is 218 g/mol. The molecular formula is C15H22O. The lowest BCUT2D eigenvalue weighted by Gasteiger charge is -2.23. The zero-order valence-electron chi connectivity index (χ0n) is 10.2. The van der Waals surface area contributed by atoms with Crippen molar-refractivity contribution in [3.8, 4) is 0 Å². The number of rotatable bonds is 3. The summed E-state index contributed by atoms with van der Waals surface area (Å²) in [6.45, 7) is 2.03. The molecule has 0 radical (unpaired) electrons. The number of benzene rings is 1. The first kappa shape index (κ1) is 11.7. The van der Waals surface area contributed by atoms with E-state index in [0.29, 0.717) is 0 Å². The maximum atomic E-state index is 9.85. The van der Waals surface area contributed by atoms with Gasteiger partial charge in [0.25, 0.3) is 0 Å². The Kier molecular flexibility index (Phi) is 4.00. The van der Waals surface area contributed by atoms with Crippen LogP contribution in [0.2, 0.25) is 0 Å². The van der Waals surface area contributed by atoms with Gasteiger partial charge in [0.15, 0.2) is 0 Å². The van der Waals surface area contributed by atoms with Crippen molar-refractivity contribution in [1.82, 2.24) is 0 Å². The van der Waals surface area contributed by atoms with Crippen molar-refractivity contribution in [2.24, 2.45) is 0 Å². The highest BCUT2D eigenvalue weighted by atomic mass is 16.3. The summed E-state index contributed by atoms with van der Waals surface area (Å²) < 4.78 is 0. The molecule has 2 rings (SSSR count). The normalized spacial score (nSPS) is 19.6. The van der Waals surface area contributed by atoms with Gasteiger partial charge in [-0.25, -0.2) is 0 Å². The SMILES string of the molecule is CCC(O)c1cccc(C2CCCCC2)c1. The number of hydrogen-bond acceptors (Lipinski definition) is 1. The van der Waals surface area contributed by atoms with Crippen LogP contribution in [0.5, 0.6) is 0 Å². The molecule has 1 saturated carbocycles. The summed E-state index contributed by atoms with van der Waals surface area (Å²) in [4.78, 5) is 0. The second-order valence-corrected chi connectivity index (χ2v) is 4.93. The van der Waals surface area contributed by atoms with Crippen LogP contribution in [-0.2, 0) is 0 Å². The Bertz CT molecular complexity index is 326. The minimum Gasteiger partial charge on any atom is -0.388 e. The van der Waals surface area contributed by atoms with Gasteiger partial charge >= 0.3 is 0 Å². The Morgan fingerprint density at radius 3 is 2.69 bits per heavy atom. The quantitative estimate of drug-likeness (QED) is 0.807. The third-order valence-corrected chi connectivity index (χ3v) is 3.76. The molecule has 1 fully saturated rings. The Morgan fingerprint density at radius 2 is 2.00 bits per heavy atom. The maximum absolute atomic E-state index is 9.85. The van der Waals surface area contributed by atoms with E-state index in [0.717, 1.165) is 17.9 Å². The molecule has 0 heterocycles. The Labute approximate surface area is 98.5 Å². The highest BCUT2D eigenvalue weighted by molar-refractivity contribution is 5.28. The predicted molar refractivity (Wildman–Crippen MR) is 67.5 cm³/mol. The van der Waals surface area contributed by atoms with Crippen molar-refractivity contribution in [1.29, 1.82) is 0 Å². The lowest BCUT2D eigenvalue weighted by molar-refractivity contribution is 0.173. The molecule has 0 aliphatic heterocycles. The number of aliphatic hydroxyl groups is 1. The van der Waals surface area contributed by atoms with Gasteiger partial charge in [0.2, 0.25) is 0 Å². The Morgan fingerprint density at radius 1 is 1.25 bits per heavy atom. The topological polar surface area (TPSA) is 20.2 Å². The van der Waals surface area contributed by atoms with Crippen molar-refractivity contribution in [2.75, 3.05) is 0 Å². The molecule has 1 nitrogen and oxygen atoms in total. The lowest BCUT2D eigenvalue weighted by Crippen LogP contribution is -2.05. The largest absolute Gasteiger partial charge is 0.388 e. The third-order valence-electron chi connectivity index (χ3n) is 3.76. The first-order valence-corrected chi connectivity index (χ1v) is 6.59. The first-order valence-electron chi connectivity index (χ1n) is 6.59. The predicted octanol–water partition coefficient (Wildman–Crippen LogP) is 4.18. The minimum atomic E-state index is -0.288. The molecule has 1 aromatic rings. The summed E-state index contributed by atoms with van der Waals surface area (Å²) in [7, 11) is 0. The lowest BCUT2D eigenvalue weighted by atomic mass is 9.83. The standard InChI is InChI=1S/C15H22O/c1-2-15(16)14-10-6-9-13(11-14)12-7-4-3-5-8-12/h6,9-12,15-16H,2-5,7-8H2,1H3. The van der Waals surface area contributed by atoms with E-state index < -0.39 is 0 Å². The van der Waals surface area contributed by atoms with Crippen LogP contribution in [0.3, 0.4) is 0 Å². The zero-order valence-corrected chi connectivity index (χ0v) is 10.2. The van der Waals surface area contributed by atoms with E-state index >= 15 is 0 Å². The van der Waals surface area contributed by atoms with Gasteiger partial charge in [0.05, 0.1) is 6.10 Å². The molecular weight excluding hydrogens is 196 g/mol. The summed E-state index contributed by atoms with van der Waals surface area (Å²) >= 11 is 0. The van der Waals surface area contributed by atoms with Gasteiger partial charge in [0.1, 0.15) is 0 Å². The van der Waals surface area contributed by atoms with Gasteiger partial charge < -0.3 is 5.11 Å². The molecule has 16 heavy (non-hydrogen) atoms. The molecule has 0 amide bonds. The van der Waals surface area contributed by atoms with Crippen molar-refractivity contribution < 1.29 is 5.11 Å². The van der Waals surface area contributed by atoms with E-state index in [-0.39, 0.29) is 6.10 Å². The molecule has 1 aliphatic rings. The van der Waals surface area contributed by atoms with Gasteiger partial charge in [-0.15, -0.1) is 0 Å². The molecule has 88 valence electrons. The molecule has 1 aromatic carbocycles. The van der Waals surface area contributed by atoms with E-state index in [9.17, 15) is 5.11 Å². The summed E-state index contributed by atoms with van der Waals surface area (Å²) in [5.41, 5.74) is 2.52. The molecule has 1 atom stereocenters. The van der Waals surface area contributed by atoms with Crippen LogP contribution >= 0.6 is 0 Å². The number of hydrogen-bond donors (Lipinski definition) is 1. The molecule has 0 aromatic heterocycles. The monoisotopic (exact) mass is 218 g/mol. The first-order chi connectivity index (χ1) is 7.81. The molecule has 1 unspecified atom stereocenters. The number of aliphatic hydroxyl groups excluding tert-OH is 1. The molecule has 0 bridgehead atoms. The van der Waals surface area contributed by atoms with Crippen LogP contribution in [0, 0.1) is 0 Å². The van der Waals surface area contributed by atoms with Crippen molar-refractivity contribution in [3.05, 3.63) is 35.4 Å². The second-order valence-electron chi connectivity index (χ2n) is 4.93. The summed E-state index contributed by atoms with van der Waals surface area (Å²) in [5.74, 6) is 0.734. The smallest absolute Gasteiger partial charge is 0.0787 e. The third kappa shape index (κ3) is 2.65. The van der Waals surface area contributed by atoms with E-state index in [4.69, 9.17) is 0 Å². The molecule has 0 saturated heterocycles. The molecule has 0 spiro atoms. The van der Waals surface area contributed by atoms with Crippen LogP contribution < -0.4 is 0 Å². The summed E-state index contributed by atoms with van der Waals surface area (Å²) in [6, 6.07) is 8.57. The van der Waals surface area contributed by atoms with Crippen LogP contribution in [0.25, 0.3) is 0 Å². The zero-order chi connectivity index (χ0) is 11.4. The highest BCUT2D eigenvalue weighted by Gasteiger charge is 2.16. The van der Waals surface area contributed by atoms with Gasteiger partial charge in [-0.05, 0) is 36.3 Å². The highest BCUT2D eigenvalue weighted by Crippen LogP contribution is 2.33. The molecule has 1 N–H and O–H groups in total. The average Bonchev–Trinajstić information content (AvgIpc) is 2.39. The fourth-order valence-corrected chi connectivity index (χ4v) is 2.69. The second kappa shape index (κ2) is 5.49. The van der Waals surface area contributed by atoms with E-state index in [2.05, 4.69) is 18.2 Å².